The van der Waals surface area contributed by atoms with Crippen LogP contribution in [0.25, 0.3) is 0 Å². The van der Waals surface area contributed by atoms with E-state index < -0.39 is 0 Å². The highest BCUT2D eigenvalue weighted by molar-refractivity contribution is 5.53. The van der Waals surface area contributed by atoms with Gasteiger partial charge in [0.25, 0.3) is 0 Å². The van der Waals surface area contributed by atoms with Crippen molar-refractivity contribution in [2.75, 3.05) is 20.8 Å². The molecule has 0 aromatic heterocycles. The topological polar surface area (TPSA) is 21.7 Å². The second-order valence-electron chi connectivity index (χ2n) is 7.18. The number of nitrogens with zero attached hydrogens (tertiary/aromatic N) is 1. The molecule has 0 spiro atoms. The Hall–Kier alpha value is -2.00. The third-order valence-corrected chi connectivity index (χ3v) is 5.90. The van der Waals surface area contributed by atoms with Crippen molar-refractivity contribution in [2.24, 2.45) is 0 Å². The van der Waals surface area contributed by atoms with Gasteiger partial charge in [-0.2, -0.15) is 0 Å². The van der Waals surface area contributed by atoms with E-state index in [9.17, 15) is 0 Å². The van der Waals surface area contributed by atoms with Crippen LogP contribution in [0.4, 0.5) is 0 Å². The molecule has 3 heteroatoms. The maximum absolute atomic E-state index is 5.70. The van der Waals surface area contributed by atoms with E-state index in [2.05, 4.69) is 47.4 Å². The molecule has 0 N–H and O–H groups in total. The van der Waals surface area contributed by atoms with Crippen LogP contribution < -0.4 is 9.47 Å². The second kappa shape index (κ2) is 7.09. The smallest absolute Gasteiger partial charge is 0.164 e. The van der Waals surface area contributed by atoms with Crippen molar-refractivity contribution in [3.8, 4) is 11.5 Å². The predicted octanol–water partition coefficient (Wildman–Crippen LogP) is 4.40. The average molecular weight is 337 g/mol. The third kappa shape index (κ3) is 3.02. The maximum atomic E-state index is 5.70. The molecule has 132 valence electrons. The molecule has 2 atom stereocenters. The van der Waals surface area contributed by atoms with E-state index in [-0.39, 0.29) is 0 Å². The SMILES string of the molecule is COc1ccc2c(c1OC)CC[C@H]1[C@H]2CCCN1Cc1ccccc1. The minimum atomic E-state index is 0.612. The molecule has 0 unspecified atom stereocenters. The highest BCUT2D eigenvalue weighted by Gasteiger charge is 2.37. The zero-order valence-electron chi connectivity index (χ0n) is 15.2. The number of hydrogen-bond donors (Lipinski definition) is 0. The van der Waals surface area contributed by atoms with E-state index in [0.29, 0.717) is 12.0 Å². The van der Waals surface area contributed by atoms with Crippen LogP contribution in [0.2, 0.25) is 0 Å². The van der Waals surface area contributed by atoms with Gasteiger partial charge in [0.1, 0.15) is 0 Å². The van der Waals surface area contributed by atoms with E-state index in [1.54, 1.807) is 14.2 Å². The minimum absolute atomic E-state index is 0.612. The summed E-state index contributed by atoms with van der Waals surface area (Å²) in [6.07, 6.45) is 4.82. The number of ether oxygens (including phenoxy) is 2. The lowest BCUT2D eigenvalue weighted by Gasteiger charge is -2.45. The Kier molecular flexibility index (Phi) is 4.67. The Morgan fingerprint density at radius 3 is 2.60 bits per heavy atom. The highest BCUT2D eigenvalue weighted by Crippen LogP contribution is 2.46. The molecule has 4 rings (SSSR count). The first-order chi connectivity index (χ1) is 12.3. The lowest BCUT2D eigenvalue weighted by atomic mass is 9.74. The second-order valence-corrected chi connectivity index (χ2v) is 7.18. The third-order valence-electron chi connectivity index (χ3n) is 5.90. The molecule has 1 heterocycles. The fourth-order valence-corrected chi connectivity index (χ4v) is 4.79. The molecule has 25 heavy (non-hydrogen) atoms. The average Bonchev–Trinajstić information content (AvgIpc) is 2.67. The minimum Gasteiger partial charge on any atom is -0.493 e. The normalized spacial score (nSPS) is 22.8. The molecule has 1 saturated heterocycles. The number of hydrogen-bond acceptors (Lipinski definition) is 3. The lowest BCUT2D eigenvalue weighted by molar-refractivity contribution is 0.104. The van der Waals surface area contributed by atoms with Gasteiger partial charge in [0.15, 0.2) is 11.5 Å². The Balaban J connectivity index is 1.63. The maximum Gasteiger partial charge on any atom is 0.164 e. The van der Waals surface area contributed by atoms with E-state index >= 15 is 0 Å². The number of fused-ring (bicyclic) bond motifs is 3. The van der Waals surface area contributed by atoms with Gasteiger partial charge in [-0.25, -0.2) is 0 Å². The monoisotopic (exact) mass is 337 g/mol. The van der Waals surface area contributed by atoms with Crippen molar-refractivity contribution < 1.29 is 9.47 Å². The molecular weight excluding hydrogens is 310 g/mol. The summed E-state index contributed by atoms with van der Waals surface area (Å²) in [5.41, 5.74) is 4.26. The quantitative estimate of drug-likeness (QED) is 0.825. The summed E-state index contributed by atoms with van der Waals surface area (Å²) in [5.74, 6) is 2.41. The van der Waals surface area contributed by atoms with Crippen LogP contribution in [-0.2, 0) is 13.0 Å². The molecule has 2 aromatic carbocycles. The fraction of sp³-hybridized carbons (Fsp3) is 0.455. The van der Waals surface area contributed by atoms with Gasteiger partial charge in [0.2, 0.25) is 0 Å². The molecule has 3 nitrogen and oxygen atoms in total. The van der Waals surface area contributed by atoms with Gasteiger partial charge < -0.3 is 9.47 Å². The van der Waals surface area contributed by atoms with Gasteiger partial charge in [0.05, 0.1) is 14.2 Å². The zero-order valence-corrected chi connectivity index (χ0v) is 15.2. The van der Waals surface area contributed by atoms with Crippen LogP contribution in [-0.4, -0.2) is 31.7 Å². The molecule has 2 aromatic rings. The molecule has 0 radical (unpaired) electrons. The summed E-state index contributed by atoms with van der Waals surface area (Å²) in [6, 6.07) is 15.9. The number of rotatable bonds is 4. The molecule has 0 saturated carbocycles. The molecule has 0 amide bonds. The Morgan fingerprint density at radius 2 is 1.84 bits per heavy atom. The summed E-state index contributed by atoms with van der Waals surface area (Å²) in [4.78, 5) is 2.70. The van der Waals surface area contributed by atoms with E-state index in [0.717, 1.165) is 24.5 Å². The number of methoxy groups -OCH3 is 2. The van der Waals surface area contributed by atoms with E-state index in [1.165, 1.54) is 42.5 Å². The summed E-state index contributed by atoms with van der Waals surface area (Å²) in [6.45, 7) is 2.27. The summed E-state index contributed by atoms with van der Waals surface area (Å²) in [5, 5.41) is 0. The predicted molar refractivity (Wildman–Crippen MR) is 100 cm³/mol. The summed E-state index contributed by atoms with van der Waals surface area (Å²) < 4.78 is 11.2. The first kappa shape index (κ1) is 16.5. The fourth-order valence-electron chi connectivity index (χ4n) is 4.79. The van der Waals surface area contributed by atoms with Crippen LogP contribution in [0.3, 0.4) is 0 Å². The Bertz CT molecular complexity index is 728. The van der Waals surface area contributed by atoms with Gasteiger partial charge in [-0.05, 0) is 55.3 Å². The van der Waals surface area contributed by atoms with Gasteiger partial charge in [0, 0.05) is 18.2 Å². The van der Waals surface area contributed by atoms with E-state index in [4.69, 9.17) is 9.47 Å². The first-order valence-electron chi connectivity index (χ1n) is 9.33. The van der Waals surface area contributed by atoms with Gasteiger partial charge in [-0.1, -0.05) is 36.4 Å². The van der Waals surface area contributed by atoms with Crippen LogP contribution >= 0.6 is 0 Å². The largest absolute Gasteiger partial charge is 0.493 e. The van der Waals surface area contributed by atoms with Crippen molar-refractivity contribution >= 4 is 0 Å². The van der Waals surface area contributed by atoms with Crippen molar-refractivity contribution in [2.45, 2.75) is 44.2 Å². The molecular formula is C22H27NO2. The Labute approximate surface area is 150 Å². The molecule has 2 aliphatic rings. The molecule has 1 aliphatic heterocycles. The van der Waals surface area contributed by atoms with Crippen molar-refractivity contribution in [3.63, 3.8) is 0 Å². The number of benzene rings is 2. The summed E-state index contributed by atoms with van der Waals surface area (Å²) >= 11 is 0. The van der Waals surface area contributed by atoms with Gasteiger partial charge in [-0.3, -0.25) is 4.90 Å². The van der Waals surface area contributed by atoms with Crippen LogP contribution in [0.15, 0.2) is 42.5 Å². The van der Waals surface area contributed by atoms with Crippen LogP contribution in [0.5, 0.6) is 11.5 Å². The summed E-state index contributed by atoms with van der Waals surface area (Å²) in [7, 11) is 3.48. The molecule has 0 bridgehead atoms. The Morgan fingerprint density at radius 1 is 1.00 bits per heavy atom. The van der Waals surface area contributed by atoms with Crippen molar-refractivity contribution in [1.29, 1.82) is 0 Å². The molecule has 1 aliphatic carbocycles. The zero-order chi connectivity index (χ0) is 17.2. The van der Waals surface area contributed by atoms with Crippen LogP contribution in [0, 0.1) is 0 Å². The van der Waals surface area contributed by atoms with Crippen molar-refractivity contribution in [1.82, 2.24) is 4.90 Å². The highest BCUT2D eigenvalue weighted by atomic mass is 16.5. The number of likely N-dealkylation sites (tertiary alicyclic amines) is 1. The molecule has 1 fully saturated rings. The van der Waals surface area contributed by atoms with Gasteiger partial charge in [-0.15, -0.1) is 0 Å². The first-order valence-corrected chi connectivity index (χ1v) is 9.33. The van der Waals surface area contributed by atoms with Crippen LogP contribution in [0.1, 0.15) is 41.9 Å². The lowest BCUT2D eigenvalue weighted by Crippen LogP contribution is -2.45. The number of piperidine rings is 1. The standard InChI is InChI=1S/C22H27NO2/c1-24-21-13-11-17-18-9-6-14-23(15-16-7-4-3-5-8-16)20(18)12-10-19(17)22(21)25-2/h3-5,7-8,11,13,18,20H,6,9-10,12,14-15H2,1-2H3/t18-,20-/m0/s1. The van der Waals surface area contributed by atoms with Gasteiger partial charge >= 0.3 is 0 Å². The van der Waals surface area contributed by atoms with E-state index in [1.807, 2.05) is 0 Å². The van der Waals surface area contributed by atoms with Crippen molar-refractivity contribution in [3.05, 3.63) is 59.2 Å².